The molecule has 5 heteroatoms. The van der Waals surface area contributed by atoms with Crippen LogP contribution in [0.1, 0.15) is 41.5 Å². The maximum atomic E-state index is 12.3. The highest BCUT2D eigenvalue weighted by molar-refractivity contribution is 9.10. The second kappa shape index (κ2) is 6.72. The predicted molar refractivity (Wildman–Crippen MR) is 88.1 cm³/mol. The van der Waals surface area contributed by atoms with Gasteiger partial charge in [-0.25, -0.2) is 4.98 Å². The third-order valence-corrected chi connectivity index (χ3v) is 3.71. The van der Waals surface area contributed by atoms with E-state index in [9.17, 15) is 4.79 Å². The molecule has 0 aliphatic heterocycles. The lowest BCUT2D eigenvalue weighted by molar-refractivity contribution is 0.0939. The van der Waals surface area contributed by atoms with E-state index in [4.69, 9.17) is 5.73 Å². The van der Waals surface area contributed by atoms with Gasteiger partial charge >= 0.3 is 0 Å². The van der Waals surface area contributed by atoms with Crippen molar-refractivity contribution >= 4 is 27.7 Å². The van der Waals surface area contributed by atoms with Crippen LogP contribution in [0.15, 0.2) is 40.9 Å². The van der Waals surface area contributed by atoms with Crippen LogP contribution in [-0.2, 0) is 6.42 Å². The molecule has 0 aliphatic rings. The van der Waals surface area contributed by atoms with Crippen molar-refractivity contribution in [1.82, 2.24) is 10.3 Å². The first kappa shape index (κ1) is 15.5. The molecule has 1 unspecified atom stereocenters. The lowest BCUT2D eigenvalue weighted by atomic mass is 10.1. The third-order valence-electron chi connectivity index (χ3n) is 3.22. The van der Waals surface area contributed by atoms with E-state index in [-0.39, 0.29) is 11.9 Å². The smallest absolute Gasteiger partial charge is 0.251 e. The molecule has 2 rings (SSSR count). The number of nitrogen functional groups attached to an aromatic ring is 1. The average molecular weight is 348 g/mol. The van der Waals surface area contributed by atoms with Crippen molar-refractivity contribution in [3.05, 3.63) is 57.7 Å². The molecule has 110 valence electrons. The highest BCUT2D eigenvalue weighted by Crippen LogP contribution is 2.18. The highest BCUT2D eigenvalue weighted by atomic mass is 79.9. The number of carbonyl (C=O) groups excluding carboxylic acids is 1. The number of hydrogen-bond donors (Lipinski definition) is 2. The SMILES string of the molecule is CCc1cc(C(=O)NC(C)c2cccc(Br)c2)cc(N)n1. The molecule has 0 saturated heterocycles. The number of anilines is 1. The largest absolute Gasteiger partial charge is 0.384 e. The van der Waals surface area contributed by atoms with Crippen molar-refractivity contribution in [2.75, 3.05) is 5.73 Å². The molecule has 21 heavy (non-hydrogen) atoms. The lowest BCUT2D eigenvalue weighted by Crippen LogP contribution is -2.27. The molecule has 0 bridgehead atoms. The summed E-state index contributed by atoms with van der Waals surface area (Å²) in [6.07, 6.45) is 0.743. The number of benzene rings is 1. The molecule has 1 amide bonds. The first-order valence-corrected chi connectivity index (χ1v) is 7.61. The minimum absolute atomic E-state index is 0.0885. The first-order chi connectivity index (χ1) is 9.99. The standard InChI is InChI=1S/C16H18BrN3O/c1-3-14-8-12(9-15(18)20-14)16(21)19-10(2)11-5-4-6-13(17)7-11/h4-10H,3H2,1-2H3,(H2,18,20)(H,19,21). The van der Waals surface area contributed by atoms with E-state index in [2.05, 4.69) is 26.2 Å². The Morgan fingerprint density at radius 1 is 1.38 bits per heavy atom. The normalized spacial score (nSPS) is 12.0. The molecule has 0 saturated carbocycles. The van der Waals surface area contributed by atoms with Crippen molar-refractivity contribution in [2.45, 2.75) is 26.3 Å². The average Bonchev–Trinajstić information content (AvgIpc) is 2.46. The van der Waals surface area contributed by atoms with E-state index >= 15 is 0 Å². The summed E-state index contributed by atoms with van der Waals surface area (Å²) in [7, 11) is 0. The molecule has 2 aromatic rings. The van der Waals surface area contributed by atoms with Crippen LogP contribution in [0.25, 0.3) is 0 Å². The maximum absolute atomic E-state index is 12.3. The van der Waals surface area contributed by atoms with Gasteiger partial charge in [0.05, 0.1) is 6.04 Å². The van der Waals surface area contributed by atoms with Gasteiger partial charge in [-0.2, -0.15) is 0 Å². The lowest BCUT2D eigenvalue weighted by Gasteiger charge is -2.15. The van der Waals surface area contributed by atoms with Gasteiger partial charge in [0.2, 0.25) is 0 Å². The molecule has 3 N–H and O–H groups in total. The molecular formula is C16H18BrN3O. The minimum Gasteiger partial charge on any atom is -0.384 e. The number of hydrogen-bond acceptors (Lipinski definition) is 3. The van der Waals surface area contributed by atoms with Crippen LogP contribution in [0.5, 0.6) is 0 Å². The van der Waals surface area contributed by atoms with Crippen molar-refractivity contribution in [1.29, 1.82) is 0 Å². The minimum atomic E-state index is -0.147. The number of rotatable bonds is 4. The first-order valence-electron chi connectivity index (χ1n) is 6.82. The zero-order valence-corrected chi connectivity index (χ0v) is 13.6. The Hall–Kier alpha value is -1.88. The van der Waals surface area contributed by atoms with Crippen LogP contribution < -0.4 is 11.1 Å². The predicted octanol–water partition coefficient (Wildman–Crippen LogP) is 3.48. The summed E-state index contributed by atoms with van der Waals surface area (Å²) in [5, 5.41) is 2.98. The molecule has 4 nitrogen and oxygen atoms in total. The summed E-state index contributed by atoms with van der Waals surface area (Å²) in [5.74, 6) is 0.223. The molecule has 0 spiro atoms. The van der Waals surface area contributed by atoms with Gasteiger partial charge in [-0.15, -0.1) is 0 Å². The van der Waals surface area contributed by atoms with Crippen molar-refractivity contribution in [3.63, 3.8) is 0 Å². The fraction of sp³-hybridized carbons (Fsp3) is 0.250. The number of nitrogens with one attached hydrogen (secondary N) is 1. The van der Waals surface area contributed by atoms with Gasteiger partial charge in [0.25, 0.3) is 5.91 Å². The van der Waals surface area contributed by atoms with Crippen LogP contribution in [0, 0.1) is 0 Å². The van der Waals surface area contributed by atoms with E-state index in [1.54, 1.807) is 12.1 Å². The van der Waals surface area contributed by atoms with Gasteiger partial charge in [0, 0.05) is 15.7 Å². The van der Waals surface area contributed by atoms with E-state index in [1.807, 2.05) is 38.1 Å². The number of nitrogens with two attached hydrogens (primary N) is 1. The number of nitrogens with zero attached hydrogens (tertiary/aromatic N) is 1. The second-order valence-electron chi connectivity index (χ2n) is 4.88. The van der Waals surface area contributed by atoms with Gasteiger partial charge in [0.15, 0.2) is 0 Å². The summed E-state index contributed by atoms with van der Waals surface area (Å²) in [4.78, 5) is 16.5. The van der Waals surface area contributed by atoms with E-state index in [1.165, 1.54) is 0 Å². The molecule has 1 aromatic carbocycles. The Balaban J connectivity index is 2.16. The van der Waals surface area contributed by atoms with Gasteiger partial charge in [-0.05, 0) is 43.2 Å². The zero-order valence-electron chi connectivity index (χ0n) is 12.1. The van der Waals surface area contributed by atoms with Crippen molar-refractivity contribution in [3.8, 4) is 0 Å². The summed E-state index contributed by atoms with van der Waals surface area (Å²) in [6, 6.07) is 11.2. The fourth-order valence-corrected chi connectivity index (χ4v) is 2.48. The number of amides is 1. The summed E-state index contributed by atoms with van der Waals surface area (Å²) < 4.78 is 0.988. The van der Waals surface area contributed by atoms with Gasteiger partial charge in [-0.1, -0.05) is 35.0 Å². The van der Waals surface area contributed by atoms with Gasteiger partial charge in [0.1, 0.15) is 5.82 Å². The van der Waals surface area contributed by atoms with Gasteiger partial charge < -0.3 is 11.1 Å². The molecule has 0 fully saturated rings. The fourth-order valence-electron chi connectivity index (χ4n) is 2.06. The van der Waals surface area contributed by atoms with Crippen LogP contribution >= 0.6 is 15.9 Å². The summed E-state index contributed by atoms with van der Waals surface area (Å²) in [6.45, 7) is 3.93. The number of aryl methyl sites for hydroxylation is 1. The Morgan fingerprint density at radius 3 is 2.81 bits per heavy atom. The molecule has 0 radical (unpaired) electrons. The summed E-state index contributed by atoms with van der Waals surface area (Å²) >= 11 is 3.43. The molecular weight excluding hydrogens is 330 g/mol. The van der Waals surface area contributed by atoms with Crippen LogP contribution in [0.2, 0.25) is 0 Å². The van der Waals surface area contributed by atoms with Gasteiger partial charge in [-0.3, -0.25) is 4.79 Å². The maximum Gasteiger partial charge on any atom is 0.251 e. The van der Waals surface area contributed by atoms with E-state index in [0.717, 1.165) is 22.2 Å². The Bertz CT molecular complexity index is 658. The number of pyridine rings is 1. The van der Waals surface area contributed by atoms with E-state index < -0.39 is 0 Å². The topological polar surface area (TPSA) is 68.0 Å². The zero-order chi connectivity index (χ0) is 15.4. The monoisotopic (exact) mass is 347 g/mol. The quantitative estimate of drug-likeness (QED) is 0.889. The third kappa shape index (κ3) is 4.04. The summed E-state index contributed by atoms with van der Waals surface area (Å²) in [5.41, 5.74) is 8.13. The molecule has 0 aliphatic carbocycles. The van der Waals surface area contributed by atoms with E-state index in [0.29, 0.717) is 11.4 Å². The Morgan fingerprint density at radius 2 is 2.14 bits per heavy atom. The molecule has 1 aromatic heterocycles. The van der Waals surface area contributed by atoms with Crippen LogP contribution in [-0.4, -0.2) is 10.9 Å². The van der Waals surface area contributed by atoms with Crippen LogP contribution in [0.4, 0.5) is 5.82 Å². The Labute approximate surface area is 132 Å². The molecule has 1 heterocycles. The van der Waals surface area contributed by atoms with Crippen molar-refractivity contribution < 1.29 is 4.79 Å². The highest BCUT2D eigenvalue weighted by Gasteiger charge is 2.13. The molecule has 1 atom stereocenters. The number of aromatic nitrogens is 1. The number of carbonyl (C=O) groups is 1. The van der Waals surface area contributed by atoms with Crippen LogP contribution in [0.3, 0.4) is 0 Å². The van der Waals surface area contributed by atoms with Crippen molar-refractivity contribution in [2.24, 2.45) is 0 Å². The Kier molecular flexibility index (Phi) is 4.96. The number of halogens is 1. The second-order valence-corrected chi connectivity index (χ2v) is 5.79.